The molecule has 1 atom stereocenters. The van der Waals surface area contributed by atoms with Crippen molar-refractivity contribution in [3.8, 4) is 0 Å². The molecule has 0 N–H and O–H groups in total. The summed E-state index contributed by atoms with van der Waals surface area (Å²) in [4.78, 5) is 22.9. The van der Waals surface area contributed by atoms with E-state index in [-0.39, 0.29) is 5.78 Å². The SMILES string of the molecule is C=CC[C@H](OC(C)=O)C(=O)C1=CCCCC1. The molecule has 0 bridgehead atoms. The second kappa shape index (κ2) is 6.26. The van der Waals surface area contributed by atoms with Crippen molar-refractivity contribution < 1.29 is 14.3 Å². The molecule has 0 aromatic heterocycles. The summed E-state index contributed by atoms with van der Waals surface area (Å²) in [5.74, 6) is -0.480. The van der Waals surface area contributed by atoms with E-state index in [1.54, 1.807) is 6.08 Å². The molecule has 1 rings (SSSR count). The Balaban J connectivity index is 2.68. The maximum Gasteiger partial charge on any atom is 0.303 e. The van der Waals surface area contributed by atoms with Gasteiger partial charge in [-0.15, -0.1) is 6.58 Å². The average Bonchev–Trinajstić information content (AvgIpc) is 2.28. The number of hydrogen-bond donors (Lipinski definition) is 0. The predicted molar refractivity (Wildman–Crippen MR) is 61.9 cm³/mol. The Morgan fingerprint density at radius 1 is 1.56 bits per heavy atom. The van der Waals surface area contributed by atoms with Crippen molar-refractivity contribution in [2.45, 2.75) is 45.1 Å². The third-order valence-corrected chi connectivity index (χ3v) is 2.59. The lowest BCUT2D eigenvalue weighted by molar-refractivity contribution is -0.151. The van der Waals surface area contributed by atoms with E-state index < -0.39 is 12.1 Å². The van der Waals surface area contributed by atoms with E-state index in [0.717, 1.165) is 31.3 Å². The van der Waals surface area contributed by atoms with Crippen molar-refractivity contribution in [3.63, 3.8) is 0 Å². The van der Waals surface area contributed by atoms with E-state index in [9.17, 15) is 9.59 Å². The lowest BCUT2D eigenvalue weighted by atomic mass is 9.93. The minimum Gasteiger partial charge on any atom is -0.454 e. The molecule has 1 aliphatic rings. The molecule has 0 radical (unpaired) electrons. The van der Waals surface area contributed by atoms with E-state index in [4.69, 9.17) is 4.74 Å². The highest BCUT2D eigenvalue weighted by molar-refractivity contribution is 5.99. The van der Waals surface area contributed by atoms with Crippen molar-refractivity contribution >= 4 is 11.8 Å². The summed E-state index contributed by atoms with van der Waals surface area (Å²) in [5, 5.41) is 0. The Bertz CT molecular complexity index is 315. The summed E-state index contributed by atoms with van der Waals surface area (Å²) in [5.41, 5.74) is 0.805. The summed E-state index contributed by atoms with van der Waals surface area (Å²) >= 11 is 0. The molecule has 0 saturated carbocycles. The highest BCUT2D eigenvalue weighted by Crippen LogP contribution is 2.21. The zero-order chi connectivity index (χ0) is 12.0. The highest BCUT2D eigenvalue weighted by atomic mass is 16.5. The number of carbonyl (C=O) groups excluding carboxylic acids is 2. The number of carbonyl (C=O) groups is 2. The van der Waals surface area contributed by atoms with Crippen LogP contribution in [0.15, 0.2) is 24.3 Å². The summed E-state index contributed by atoms with van der Waals surface area (Å²) in [6, 6.07) is 0. The molecule has 0 amide bonds. The van der Waals surface area contributed by atoms with E-state index >= 15 is 0 Å². The van der Waals surface area contributed by atoms with Gasteiger partial charge >= 0.3 is 5.97 Å². The van der Waals surface area contributed by atoms with Crippen LogP contribution in [0.2, 0.25) is 0 Å². The Morgan fingerprint density at radius 2 is 2.31 bits per heavy atom. The van der Waals surface area contributed by atoms with Gasteiger partial charge in [0, 0.05) is 13.3 Å². The standard InChI is InChI=1S/C13H18O3/c1-3-7-12(16-10(2)14)13(15)11-8-5-4-6-9-11/h3,8,12H,1,4-7,9H2,2H3/t12-/m0/s1. The molecule has 0 aliphatic heterocycles. The Hall–Kier alpha value is -1.38. The van der Waals surface area contributed by atoms with E-state index in [0.29, 0.717) is 6.42 Å². The average molecular weight is 222 g/mol. The number of Topliss-reactive ketones (excluding diaryl/α,β-unsaturated/α-hetero) is 1. The molecular formula is C13H18O3. The van der Waals surface area contributed by atoms with E-state index in [1.165, 1.54) is 6.92 Å². The van der Waals surface area contributed by atoms with Crippen LogP contribution in [0.25, 0.3) is 0 Å². The molecule has 88 valence electrons. The molecule has 0 spiro atoms. The summed E-state index contributed by atoms with van der Waals surface area (Å²) in [7, 11) is 0. The van der Waals surface area contributed by atoms with Gasteiger partial charge in [-0.25, -0.2) is 0 Å². The summed E-state index contributed by atoms with van der Waals surface area (Å²) < 4.78 is 5.01. The van der Waals surface area contributed by atoms with E-state index in [2.05, 4.69) is 6.58 Å². The molecule has 3 nitrogen and oxygen atoms in total. The lowest BCUT2D eigenvalue weighted by Crippen LogP contribution is -2.27. The first-order valence-corrected chi connectivity index (χ1v) is 5.66. The van der Waals surface area contributed by atoms with Crippen LogP contribution in [0, 0.1) is 0 Å². The quantitative estimate of drug-likeness (QED) is 0.530. The van der Waals surface area contributed by atoms with Gasteiger partial charge in [0.25, 0.3) is 0 Å². The van der Waals surface area contributed by atoms with Gasteiger partial charge in [0.05, 0.1) is 0 Å². The minimum absolute atomic E-state index is 0.0604. The number of ether oxygens (including phenoxy) is 1. The van der Waals surface area contributed by atoms with Crippen molar-refractivity contribution in [1.82, 2.24) is 0 Å². The first-order valence-electron chi connectivity index (χ1n) is 5.66. The first kappa shape index (κ1) is 12.7. The molecule has 0 aromatic carbocycles. The number of allylic oxidation sites excluding steroid dienone is 1. The Morgan fingerprint density at radius 3 is 2.81 bits per heavy atom. The van der Waals surface area contributed by atoms with Gasteiger partial charge < -0.3 is 4.74 Å². The third kappa shape index (κ3) is 3.65. The summed E-state index contributed by atoms with van der Waals surface area (Å²) in [6.45, 7) is 4.89. The molecule has 3 heteroatoms. The van der Waals surface area contributed by atoms with Crippen LogP contribution in [0.5, 0.6) is 0 Å². The second-order valence-electron chi connectivity index (χ2n) is 3.96. The Kier molecular flexibility index (Phi) is 4.96. The zero-order valence-electron chi connectivity index (χ0n) is 9.70. The molecule has 0 saturated heterocycles. The van der Waals surface area contributed by atoms with Crippen molar-refractivity contribution in [1.29, 1.82) is 0 Å². The minimum atomic E-state index is -0.681. The molecule has 0 aromatic rings. The van der Waals surface area contributed by atoms with Crippen LogP contribution in [0.3, 0.4) is 0 Å². The van der Waals surface area contributed by atoms with Crippen LogP contribution >= 0.6 is 0 Å². The smallest absolute Gasteiger partial charge is 0.303 e. The monoisotopic (exact) mass is 222 g/mol. The normalized spacial score (nSPS) is 17.2. The van der Waals surface area contributed by atoms with Gasteiger partial charge in [0.1, 0.15) is 0 Å². The number of hydrogen-bond acceptors (Lipinski definition) is 3. The highest BCUT2D eigenvalue weighted by Gasteiger charge is 2.24. The molecule has 0 heterocycles. The predicted octanol–water partition coefficient (Wildman–Crippen LogP) is 2.56. The fourth-order valence-corrected chi connectivity index (χ4v) is 1.83. The fourth-order valence-electron chi connectivity index (χ4n) is 1.83. The molecule has 0 fully saturated rings. The summed E-state index contributed by atoms with van der Waals surface area (Å²) in [6.07, 6.45) is 7.19. The van der Waals surface area contributed by atoms with E-state index in [1.807, 2.05) is 6.08 Å². The number of esters is 1. The molecule has 0 unspecified atom stereocenters. The lowest BCUT2D eigenvalue weighted by Gasteiger charge is -2.18. The van der Waals surface area contributed by atoms with Crippen molar-refractivity contribution in [3.05, 3.63) is 24.3 Å². The van der Waals surface area contributed by atoms with Gasteiger partial charge in [0.2, 0.25) is 0 Å². The zero-order valence-corrected chi connectivity index (χ0v) is 9.70. The van der Waals surface area contributed by atoms with Crippen molar-refractivity contribution in [2.75, 3.05) is 0 Å². The van der Waals surface area contributed by atoms with Gasteiger partial charge in [-0.1, -0.05) is 12.2 Å². The van der Waals surface area contributed by atoms with Gasteiger partial charge in [-0.2, -0.15) is 0 Å². The maximum absolute atomic E-state index is 12.0. The van der Waals surface area contributed by atoms with Crippen LogP contribution in [0.4, 0.5) is 0 Å². The van der Waals surface area contributed by atoms with Crippen LogP contribution in [-0.4, -0.2) is 17.9 Å². The number of rotatable bonds is 5. The molecule has 1 aliphatic carbocycles. The van der Waals surface area contributed by atoms with Crippen LogP contribution in [0.1, 0.15) is 39.0 Å². The molecule has 16 heavy (non-hydrogen) atoms. The maximum atomic E-state index is 12.0. The van der Waals surface area contributed by atoms with Crippen LogP contribution in [-0.2, 0) is 14.3 Å². The fraction of sp³-hybridized carbons (Fsp3) is 0.538. The Labute approximate surface area is 96.2 Å². The first-order chi connectivity index (χ1) is 7.65. The van der Waals surface area contributed by atoms with Crippen LogP contribution < -0.4 is 0 Å². The van der Waals surface area contributed by atoms with Gasteiger partial charge in [0.15, 0.2) is 11.9 Å². The third-order valence-electron chi connectivity index (χ3n) is 2.59. The van der Waals surface area contributed by atoms with Crippen molar-refractivity contribution in [2.24, 2.45) is 0 Å². The van der Waals surface area contributed by atoms with Gasteiger partial charge in [-0.05, 0) is 31.3 Å². The number of ketones is 1. The second-order valence-corrected chi connectivity index (χ2v) is 3.96. The van der Waals surface area contributed by atoms with Gasteiger partial charge in [-0.3, -0.25) is 9.59 Å². The largest absolute Gasteiger partial charge is 0.454 e. The molecular weight excluding hydrogens is 204 g/mol. The topological polar surface area (TPSA) is 43.4 Å².